The van der Waals surface area contributed by atoms with Gasteiger partial charge in [0.25, 0.3) is 11.6 Å². The van der Waals surface area contributed by atoms with E-state index in [9.17, 15) is 24.3 Å². The average Bonchev–Trinajstić information content (AvgIpc) is 3.46. The van der Waals surface area contributed by atoms with Crippen LogP contribution in [0.4, 0.5) is 5.13 Å². The van der Waals surface area contributed by atoms with E-state index in [0.717, 1.165) is 17.0 Å². The van der Waals surface area contributed by atoms with Gasteiger partial charge in [0.05, 0.1) is 11.9 Å². The number of carboxylic acid groups (broad SMARTS) is 1. The Balaban J connectivity index is 1.36. The number of aliphatic carboxylic acids is 1. The maximum atomic E-state index is 13.1. The van der Waals surface area contributed by atoms with Crippen molar-refractivity contribution >= 4 is 57.6 Å². The molecule has 5 heterocycles. The van der Waals surface area contributed by atoms with Crippen molar-refractivity contribution in [2.75, 3.05) is 11.5 Å². The quantitative estimate of drug-likeness (QED) is 0.244. The molecular weight excluding hydrogens is 506 g/mol. The topological polar surface area (TPSA) is 163 Å². The van der Waals surface area contributed by atoms with Crippen LogP contribution in [0.2, 0.25) is 0 Å². The molecule has 186 valence electrons. The minimum Gasteiger partial charge on any atom is -0.477 e. The van der Waals surface area contributed by atoms with Gasteiger partial charge in [-0.05, 0) is 6.07 Å². The summed E-state index contributed by atoms with van der Waals surface area (Å²) >= 11 is 2.50. The van der Waals surface area contributed by atoms with Crippen LogP contribution in [-0.4, -0.2) is 60.3 Å². The molecule has 0 aliphatic carbocycles. The summed E-state index contributed by atoms with van der Waals surface area (Å²) < 4.78 is 3.84. The largest absolute Gasteiger partial charge is 0.477 e. The number of aromatic nitrogens is 3. The second-order valence-corrected chi connectivity index (χ2v) is 10.3. The number of hydrogen-bond acceptors (Lipinski definition) is 8. The van der Waals surface area contributed by atoms with Gasteiger partial charge in [0.1, 0.15) is 36.1 Å². The van der Waals surface area contributed by atoms with Crippen molar-refractivity contribution in [3.05, 3.63) is 59.1 Å². The molecule has 0 bridgehead atoms. The Hall–Kier alpha value is -3.91. The summed E-state index contributed by atoms with van der Waals surface area (Å²) in [4.78, 5) is 55.2. The number of carbonyl (C=O) groups is 4. The summed E-state index contributed by atoms with van der Waals surface area (Å²) in [6.45, 7) is 1.57. The van der Waals surface area contributed by atoms with Crippen LogP contribution < -0.4 is 20.9 Å². The Morgan fingerprint density at radius 1 is 1.33 bits per heavy atom. The van der Waals surface area contributed by atoms with Gasteiger partial charge in [-0.25, -0.2) is 18.7 Å². The second-order valence-electron chi connectivity index (χ2n) is 8.29. The lowest BCUT2D eigenvalue weighted by molar-refractivity contribution is -0.662. The van der Waals surface area contributed by atoms with Crippen LogP contribution in [0.15, 0.2) is 53.4 Å². The first-order valence-electron chi connectivity index (χ1n) is 10.9. The summed E-state index contributed by atoms with van der Waals surface area (Å²) in [6.07, 6.45) is 5.62. The van der Waals surface area contributed by atoms with Crippen molar-refractivity contribution in [2.45, 2.75) is 30.9 Å². The van der Waals surface area contributed by atoms with E-state index in [4.69, 9.17) is 5.73 Å². The van der Waals surface area contributed by atoms with Crippen molar-refractivity contribution < 1.29 is 28.9 Å². The van der Waals surface area contributed by atoms with E-state index in [1.165, 1.54) is 23.6 Å². The summed E-state index contributed by atoms with van der Waals surface area (Å²) in [6, 6.07) is 3.64. The lowest BCUT2D eigenvalue weighted by Gasteiger charge is -2.49. The molecule has 1 saturated heterocycles. The zero-order valence-electron chi connectivity index (χ0n) is 19.0. The molecule has 36 heavy (non-hydrogen) atoms. The Labute approximate surface area is 212 Å². The number of pyridine rings is 1. The third-order valence-electron chi connectivity index (χ3n) is 5.92. The van der Waals surface area contributed by atoms with Crippen molar-refractivity contribution in [3.8, 4) is 0 Å². The fourth-order valence-corrected chi connectivity index (χ4v) is 6.26. The van der Waals surface area contributed by atoms with Crippen molar-refractivity contribution in [3.63, 3.8) is 0 Å². The van der Waals surface area contributed by atoms with E-state index in [0.29, 0.717) is 17.9 Å². The number of nitrogens with one attached hydrogen (secondary N) is 2. The van der Waals surface area contributed by atoms with Gasteiger partial charge in [0, 0.05) is 29.7 Å². The molecule has 0 radical (unpaired) electrons. The number of anilines is 1. The smallest absolute Gasteiger partial charge is 0.352 e. The number of amides is 3. The molecular formula is C22H22N7O5S2+. The third kappa shape index (κ3) is 4.18. The number of nitrogen functional groups attached to an aromatic ring is 1. The van der Waals surface area contributed by atoms with Crippen LogP contribution >= 0.6 is 23.1 Å². The fourth-order valence-electron chi connectivity index (χ4n) is 4.34. The maximum Gasteiger partial charge on any atom is 0.352 e. The third-order valence-corrected chi connectivity index (χ3v) is 7.95. The van der Waals surface area contributed by atoms with E-state index in [1.807, 2.05) is 45.8 Å². The molecule has 2 aliphatic heterocycles. The molecule has 1 unspecified atom stereocenters. The minimum atomic E-state index is -1.20. The molecule has 12 nitrogen and oxygen atoms in total. The number of thioether (sulfide) groups is 1. The van der Waals surface area contributed by atoms with Gasteiger partial charge < -0.3 is 21.5 Å². The number of β-lactam (4-membered cyclic amide) rings is 1. The van der Waals surface area contributed by atoms with Crippen LogP contribution in [0.1, 0.15) is 18.7 Å². The molecule has 0 saturated carbocycles. The number of imidazole rings is 1. The highest BCUT2D eigenvalue weighted by atomic mass is 32.2. The van der Waals surface area contributed by atoms with E-state index < -0.39 is 41.1 Å². The molecule has 0 spiro atoms. The predicted molar refractivity (Wildman–Crippen MR) is 130 cm³/mol. The number of carboxylic acids is 1. The molecule has 3 aromatic rings. The van der Waals surface area contributed by atoms with Gasteiger partial charge >= 0.3 is 5.97 Å². The van der Waals surface area contributed by atoms with E-state index in [-0.39, 0.29) is 16.5 Å². The number of carbonyl (C=O) groups excluding carboxylic acids is 3. The van der Waals surface area contributed by atoms with Gasteiger partial charge in [-0.1, -0.05) is 6.07 Å². The number of thiazole rings is 1. The number of hydrogen-bond donors (Lipinski definition) is 4. The van der Waals surface area contributed by atoms with Crippen LogP contribution in [-0.2, 0) is 25.7 Å². The van der Waals surface area contributed by atoms with Gasteiger partial charge in [-0.3, -0.25) is 19.3 Å². The monoisotopic (exact) mass is 528 g/mol. The average molecular weight is 529 g/mol. The van der Waals surface area contributed by atoms with Crippen molar-refractivity contribution in [1.82, 2.24) is 24.9 Å². The minimum absolute atomic E-state index is 0.0669. The van der Waals surface area contributed by atoms with Crippen LogP contribution in [0.3, 0.4) is 0 Å². The highest BCUT2D eigenvalue weighted by Gasteiger charge is 2.54. The summed E-state index contributed by atoms with van der Waals surface area (Å²) in [5.74, 6) is -2.44. The molecule has 5 N–H and O–H groups in total. The Morgan fingerprint density at radius 2 is 2.14 bits per heavy atom. The van der Waals surface area contributed by atoms with E-state index in [1.54, 1.807) is 5.38 Å². The van der Waals surface area contributed by atoms with Gasteiger partial charge in [0.15, 0.2) is 11.2 Å². The number of nitrogens with two attached hydrogens (primary N) is 1. The van der Waals surface area contributed by atoms with Crippen LogP contribution in [0.5, 0.6) is 0 Å². The summed E-state index contributed by atoms with van der Waals surface area (Å²) in [5, 5.41) is 16.4. The molecule has 5 rings (SSSR count). The summed E-state index contributed by atoms with van der Waals surface area (Å²) in [7, 11) is 0. The Bertz CT molecular complexity index is 1430. The van der Waals surface area contributed by atoms with Gasteiger partial charge in [-0.15, -0.1) is 23.1 Å². The highest BCUT2D eigenvalue weighted by Crippen LogP contribution is 2.40. The molecule has 2 aliphatic rings. The van der Waals surface area contributed by atoms with Gasteiger partial charge in [-0.2, -0.15) is 0 Å². The molecule has 3 amide bonds. The van der Waals surface area contributed by atoms with Crippen molar-refractivity contribution in [2.24, 2.45) is 0 Å². The van der Waals surface area contributed by atoms with E-state index in [2.05, 4.69) is 15.6 Å². The van der Waals surface area contributed by atoms with Crippen molar-refractivity contribution in [1.29, 1.82) is 0 Å². The zero-order chi connectivity index (χ0) is 25.6. The first kappa shape index (κ1) is 23.8. The lowest BCUT2D eigenvalue weighted by Crippen LogP contribution is -2.71. The lowest BCUT2D eigenvalue weighted by atomic mass is 10.0. The van der Waals surface area contributed by atoms with Gasteiger partial charge in [0.2, 0.25) is 11.8 Å². The molecule has 3 aromatic heterocycles. The zero-order valence-corrected chi connectivity index (χ0v) is 20.6. The number of rotatable bonds is 7. The summed E-state index contributed by atoms with van der Waals surface area (Å²) in [5.41, 5.74) is 7.34. The molecule has 14 heteroatoms. The molecule has 0 aromatic carbocycles. The first-order valence-corrected chi connectivity index (χ1v) is 12.8. The fraction of sp³-hybridized carbons (Fsp3) is 0.273. The maximum absolute atomic E-state index is 13.1. The van der Waals surface area contributed by atoms with Crippen LogP contribution in [0, 0.1) is 0 Å². The Morgan fingerprint density at radius 3 is 2.83 bits per heavy atom. The second kappa shape index (κ2) is 9.28. The predicted octanol–water partition coefficient (Wildman–Crippen LogP) is -0.118. The standard InChI is InChI=1S/C22H21N7O5S2/c1-11(30)24-15(13-10-36-22(23)25-13)18(31)26-16-19(32)29-17(21(33)34)12(9-35-20(16)29)8-28-7-6-27-5-3-2-4-14(27)28/h2-7,10,15-16,20H,8-9H2,1H3,(H4-,23,24,25,26,30,31,33,34)/p+1/t15?,16-,20+/m1/s1. The molecule has 3 atom stereocenters. The number of fused-ring (bicyclic) bond motifs is 2. The van der Waals surface area contributed by atoms with Crippen LogP contribution in [0.25, 0.3) is 5.65 Å². The number of nitrogens with zero attached hydrogens (tertiary/aromatic N) is 4. The SMILES string of the molecule is CC(=O)NC(C(=O)N[C@@H]1C(=O)N2C(C(=O)O)=C(C[n+]3ccn4ccccc43)CS[C@@H]12)c1csc(N)n1. The molecule has 1 fully saturated rings. The first-order chi connectivity index (χ1) is 17.2. The normalized spacial score (nSPS) is 20.0. The highest BCUT2D eigenvalue weighted by molar-refractivity contribution is 8.00. The van der Waals surface area contributed by atoms with E-state index >= 15 is 0 Å². The Kier molecular flexibility index (Phi) is 6.14.